The van der Waals surface area contributed by atoms with Gasteiger partial charge in [-0.25, -0.2) is 4.79 Å². The number of rotatable bonds is 17. The zero-order valence-corrected chi connectivity index (χ0v) is 21.9. The SMILES string of the molecule is NC(=O)CCC(N)C(=O)NC(Cc1c[nH]c2ccccc12)C(=O)NC(CC(N)=O)C(=O)NC(CCC(=O)O)C(=O)O. The molecule has 0 saturated carbocycles. The molecular weight excluding hydrogens is 542 g/mol. The van der Waals surface area contributed by atoms with Crippen molar-refractivity contribution in [2.24, 2.45) is 17.2 Å². The summed E-state index contributed by atoms with van der Waals surface area (Å²) in [4.78, 5) is 87.2. The minimum Gasteiger partial charge on any atom is -0.481 e. The number of primary amides is 2. The molecule has 0 aliphatic carbocycles. The number of amides is 5. The van der Waals surface area contributed by atoms with Crippen LogP contribution in [0, 0.1) is 0 Å². The average Bonchev–Trinajstić information content (AvgIpc) is 3.30. The van der Waals surface area contributed by atoms with Gasteiger partial charge in [-0.1, -0.05) is 18.2 Å². The van der Waals surface area contributed by atoms with Crippen molar-refractivity contribution in [3.05, 3.63) is 36.0 Å². The van der Waals surface area contributed by atoms with Gasteiger partial charge in [0, 0.05) is 36.4 Å². The molecule has 12 N–H and O–H groups in total. The van der Waals surface area contributed by atoms with E-state index in [0.29, 0.717) is 5.56 Å². The lowest BCUT2D eigenvalue weighted by atomic mass is 10.0. The summed E-state index contributed by atoms with van der Waals surface area (Å²) in [6.07, 6.45) is -0.504. The van der Waals surface area contributed by atoms with E-state index in [4.69, 9.17) is 22.3 Å². The number of carboxylic acids is 2. The summed E-state index contributed by atoms with van der Waals surface area (Å²) in [6.45, 7) is 0. The van der Waals surface area contributed by atoms with E-state index in [-0.39, 0.29) is 19.3 Å². The standard InChI is InChI=1S/C25H33N7O9/c26-14(5-7-19(27)33)22(37)31-17(9-12-11-29-15-4-2-1-3-13(12)15)23(38)32-18(10-20(28)34)24(39)30-16(25(40)41)6-8-21(35)36/h1-4,11,14,16-18,29H,5-10,26H2,(H2,27,33)(H2,28,34)(H,30,39)(H,31,37)(H,32,38)(H,35,36)(H,40,41). The predicted molar refractivity (Wildman–Crippen MR) is 143 cm³/mol. The Labute approximate surface area is 233 Å². The minimum absolute atomic E-state index is 0.0919. The Bertz CT molecular complexity index is 1310. The number of nitrogens with one attached hydrogen (secondary N) is 4. The second-order valence-electron chi connectivity index (χ2n) is 9.30. The number of benzene rings is 1. The molecule has 2 aromatic rings. The van der Waals surface area contributed by atoms with Crippen molar-refractivity contribution < 1.29 is 43.8 Å². The third-order valence-electron chi connectivity index (χ3n) is 6.07. The molecule has 41 heavy (non-hydrogen) atoms. The topological polar surface area (TPSA) is 290 Å². The van der Waals surface area contributed by atoms with Gasteiger partial charge in [-0.3, -0.25) is 28.8 Å². The van der Waals surface area contributed by atoms with Crippen LogP contribution in [0.5, 0.6) is 0 Å². The van der Waals surface area contributed by atoms with Gasteiger partial charge in [-0.15, -0.1) is 0 Å². The van der Waals surface area contributed by atoms with Crippen molar-refractivity contribution in [2.45, 2.75) is 62.7 Å². The fraction of sp³-hybridized carbons (Fsp3) is 0.400. The summed E-state index contributed by atoms with van der Waals surface area (Å²) < 4.78 is 0. The molecule has 0 aliphatic heterocycles. The second kappa shape index (κ2) is 15.0. The first-order valence-corrected chi connectivity index (χ1v) is 12.5. The van der Waals surface area contributed by atoms with Crippen LogP contribution in [0.4, 0.5) is 0 Å². The molecule has 1 aromatic carbocycles. The number of carbonyl (C=O) groups excluding carboxylic acids is 5. The van der Waals surface area contributed by atoms with Crippen molar-refractivity contribution in [1.82, 2.24) is 20.9 Å². The molecule has 4 atom stereocenters. The highest BCUT2D eigenvalue weighted by molar-refractivity contribution is 5.96. The number of carbonyl (C=O) groups is 7. The molecule has 0 radical (unpaired) electrons. The van der Waals surface area contributed by atoms with Crippen molar-refractivity contribution >= 4 is 52.4 Å². The van der Waals surface area contributed by atoms with E-state index in [9.17, 15) is 38.7 Å². The number of aromatic amines is 1. The number of hydrogen-bond donors (Lipinski definition) is 9. The van der Waals surface area contributed by atoms with Gasteiger partial charge in [0.1, 0.15) is 18.1 Å². The van der Waals surface area contributed by atoms with Gasteiger partial charge in [-0.05, 0) is 24.5 Å². The van der Waals surface area contributed by atoms with Gasteiger partial charge in [0.15, 0.2) is 0 Å². The van der Waals surface area contributed by atoms with Crippen molar-refractivity contribution in [2.75, 3.05) is 0 Å². The van der Waals surface area contributed by atoms with E-state index in [1.54, 1.807) is 30.5 Å². The molecule has 16 heteroatoms. The van der Waals surface area contributed by atoms with Gasteiger partial charge < -0.3 is 48.3 Å². The summed E-state index contributed by atoms with van der Waals surface area (Å²) in [5, 5.41) is 25.8. The van der Waals surface area contributed by atoms with E-state index < -0.39 is 84.9 Å². The predicted octanol–water partition coefficient (Wildman–Crippen LogP) is -2.42. The lowest BCUT2D eigenvalue weighted by Gasteiger charge is -2.24. The quantitative estimate of drug-likeness (QED) is 0.0961. The molecule has 0 saturated heterocycles. The molecule has 16 nitrogen and oxygen atoms in total. The highest BCUT2D eigenvalue weighted by atomic mass is 16.4. The molecule has 0 aliphatic rings. The number of H-pyrrole nitrogens is 1. The van der Waals surface area contributed by atoms with E-state index in [1.165, 1.54) is 0 Å². The third kappa shape index (κ3) is 10.2. The number of nitrogens with two attached hydrogens (primary N) is 3. The van der Waals surface area contributed by atoms with Gasteiger partial charge in [0.2, 0.25) is 29.5 Å². The number of fused-ring (bicyclic) bond motifs is 1. The minimum atomic E-state index is -1.66. The van der Waals surface area contributed by atoms with Gasteiger partial charge in [0.05, 0.1) is 12.5 Å². The van der Waals surface area contributed by atoms with Crippen molar-refractivity contribution in [3.8, 4) is 0 Å². The van der Waals surface area contributed by atoms with E-state index >= 15 is 0 Å². The first-order chi connectivity index (χ1) is 19.3. The van der Waals surface area contributed by atoms with Gasteiger partial charge >= 0.3 is 11.9 Å². The number of carboxylic acid groups (broad SMARTS) is 2. The average molecular weight is 576 g/mol. The number of aliphatic carboxylic acids is 2. The summed E-state index contributed by atoms with van der Waals surface area (Å²) in [5.74, 6) is -7.33. The normalized spacial score (nSPS) is 13.8. The molecule has 1 heterocycles. The molecule has 0 spiro atoms. The van der Waals surface area contributed by atoms with Crippen LogP contribution >= 0.6 is 0 Å². The molecular formula is C25H33N7O9. The summed E-state index contributed by atoms with van der Waals surface area (Å²) in [5.41, 5.74) is 17.5. The lowest BCUT2D eigenvalue weighted by molar-refractivity contribution is -0.143. The van der Waals surface area contributed by atoms with Crippen molar-refractivity contribution in [3.63, 3.8) is 0 Å². The molecule has 4 unspecified atom stereocenters. The zero-order valence-electron chi connectivity index (χ0n) is 21.9. The van der Waals surface area contributed by atoms with Crippen LogP contribution in [0.2, 0.25) is 0 Å². The summed E-state index contributed by atoms with van der Waals surface area (Å²) >= 11 is 0. The van der Waals surface area contributed by atoms with Crippen LogP contribution in [-0.4, -0.2) is 80.8 Å². The largest absolute Gasteiger partial charge is 0.481 e. The Morgan fingerprint density at radius 1 is 0.780 bits per heavy atom. The number of aromatic nitrogens is 1. The maximum absolute atomic E-state index is 13.4. The number of hydrogen-bond acceptors (Lipinski definition) is 8. The molecule has 0 fully saturated rings. The smallest absolute Gasteiger partial charge is 0.326 e. The summed E-state index contributed by atoms with van der Waals surface area (Å²) in [7, 11) is 0. The maximum atomic E-state index is 13.4. The van der Waals surface area contributed by atoms with E-state index in [0.717, 1.165) is 10.9 Å². The van der Waals surface area contributed by atoms with Crippen molar-refractivity contribution in [1.29, 1.82) is 0 Å². The Balaban J connectivity index is 2.29. The van der Waals surface area contributed by atoms with Crippen LogP contribution < -0.4 is 33.2 Å². The third-order valence-corrected chi connectivity index (χ3v) is 6.07. The van der Waals surface area contributed by atoms with Crippen LogP contribution in [0.25, 0.3) is 10.9 Å². The first-order valence-electron chi connectivity index (χ1n) is 12.5. The zero-order chi connectivity index (χ0) is 30.7. The molecule has 222 valence electrons. The number of para-hydroxylation sites is 1. The fourth-order valence-corrected chi connectivity index (χ4v) is 3.92. The van der Waals surface area contributed by atoms with E-state index in [1.807, 2.05) is 0 Å². The van der Waals surface area contributed by atoms with Gasteiger partial charge in [0.25, 0.3) is 0 Å². The molecule has 1 aromatic heterocycles. The highest BCUT2D eigenvalue weighted by Crippen LogP contribution is 2.19. The van der Waals surface area contributed by atoms with Crippen LogP contribution in [0.15, 0.2) is 30.5 Å². The molecule has 0 bridgehead atoms. The highest BCUT2D eigenvalue weighted by Gasteiger charge is 2.32. The Hall–Kier alpha value is -4.99. The Morgan fingerprint density at radius 2 is 1.39 bits per heavy atom. The fourth-order valence-electron chi connectivity index (χ4n) is 3.92. The Kier molecular flexibility index (Phi) is 11.8. The van der Waals surface area contributed by atoms with Crippen LogP contribution in [0.1, 0.15) is 37.7 Å². The molecule has 5 amide bonds. The monoisotopic (exact) mass is 575 g/mol. The maximum Gasteiger partial charge on any atom is 0.326 e. The summed E-state index contributed by atoms with van der Waals surface area (Å²) in [6, 6.07) is 1.31. The van der Waals surface area contributed by atoms with E-state index in [2.05, 4.69) is 20.9 Å². The van der Waals surface area contributed by atoms with Crippen LogP contribution in [-0.2, 0) is 40.0 Å². The van der Waals surface area contributed by atoms with Gasteiger partial charge in [-0.2, -0.15) is 0 Å². The second-order valence-corrected chi connectivity index (χ2v) is 9.30. The Morgan fingerprint density at radius 3 is 2.00 bits per heavy atom. The first kappa shape index (κ1) is 32.2. The molecule has 2 rings (SSSR count). The lowest BCUT2D eigenvalue weighted by Crippen LogP contribution is -2.58. The van der Waals surface area contributed by atoms with Crippen LogP contribution in [0.3, 0.4) is 0 Å².